The Kier molecular flexibility index (Phi) is 2.47. The van der Waals surface area contributed by atoms with Crippen molar-refractivity contribution in [2.45, 2.75) is 36.4 Å². The smallest absolute Gasteiger partial charge is 0.0946 e. The Morgan fingerprint density at radius 1 is 1.22 bits per heavy atom. The van der Waals surface area contributed by atoms with Gasteiger partial charge in [-0.05, 0) is 18.4 Å². The molecule has 1 aromatic carbocycles. The normalized spacial score (nSPS) is 36.6. The third kappa shape index (κ3) is 1.87. The maximum Gasteiger partial charge on any atom is 0.0946 e. The Morgan fingerprint density at radius 2 is 2.06 bits per heavy atom. The number of hydrogen-bond acceptors (Lipinski definition) is 3. The zero-order chi connectivity index (χ0) is 12.0. The highest BCUT2D eigenvalue weighted by Crippen LogP contribution is 2.42. The topological polar surface area (TPSA) is 33.3 Å². The first-order chi connectivity index (χ1) is 8.85. The molecule has 96 valence electrons. The highest BCUT2D eigenvalue weighted by Gasteiger charge is 2.47. The Balaban J connectivity index is 1.33. The third-order valence-corrected chi connectivity index (χ3v) is 4.57. The zero-order valence-electron chi connectivity index (χ0n) is 10.6. The van der Waals surface area contributed by atoms with Gasteiger partial charge in [0.05, 0.1) is 12.2 Å². The van der Waals surface area contributed by atoms with Gasteiger partial charge in [-0.3, -0.25) is 0 Å². The SMILES string of the molecule is c1ccc([C@@H]2CC2NC2COC3(CNC3)C2)cc1. The molecule has 3 atom stereocenters. The molecule has 3 heteroatoms. The Morgan fingerprint density at radius 3 is 2.72 bits per heavy atom. The minimum Gasteiger partial charge on any atom is -0.371 e. The minimum absolute atomic E-state index is 0.175. The van der Waals surface area contributed by atoms with Crippen LogP contribution in [0.3, 0.4) is 0 Å². The summed E-state index contributed by atoms with van der Waals surface area (Å²) in [7, 11) is 0. The number of ether oxygens (including phenoxy) is 1. The van der Waals surface area contributed by atoms with E-state index in [4.69, 9.17) is 4.74 Å². The van der Waals surface area contributed by atoms with Crippen LogP contribution < -0.4 is 10.6 Å². The van der Waals surface area contributed by atoms with Crippen molar-refractivity contribution < 1.29 is 4.74 Å². The van der Waals surface area contributed by atoms with Gasteiger partial charge in [0.1, 0.15) is 0 Å². The summed E-state index contributed by atoms with van der Waals surface area (Å²) in [5.41, 5.74) is 1.66. The van der Waals surface area contributed by atoms with E-state index in [0.717, 1.165) is 25.6 Å². The van der Waals surface area contributed by atoms with Gasteiger partial charge in [-0.1, -0.05) is 30.3 Å². The second kappa shape index (κ2) is 4.05. The van der Waals surface area contributed by atoms with Crippen molar-refractivity contribution in [3.63, 3.8) is 0 Å². The summed E-state index contributed by atoms with van der Waals surface area (Å²) in [6, 6.07) is 12.1. The van der Waals surface area contributed by atoms with Gasteiger partial charge in [-0.25, -0.2) is 0 Å². The molecular weight excluding hydrogens is 224 g/mol. The van der Waals surface area contributed by atoms with Crippen LogP contribution >= 0.6 is 0 Å². The standard InChI is InChI=1S/C15H20N2O/c1-2-4-11(5-3-1)13-6-14(13)17-12-7-15(18-8-12)9-16-10-15/h1-5,12-14,16-17H,6-10H2/t12?,13-,14?/m0/s1. The van der Waals surface area contributed by atoms with Gasteiger partial charge in [-0.2, -0.15) is 0 Å². The molecule has 3 nitrogen and oxygen atoms in total. The van der Waals surface area contributed by atoms with E-state index in [2.05, 4.69) is 41.0 Å². The van der Waals surface area contributed by atoms with Crippen molar-refractivity contribution in [3.8, 4) is 0 Å². The summed E-state index contributed by atoms with van der Waals surface area (Å²) < 4.78 is 5.93. The van der Waals surface area contributed by atoms with E-state index in [1.807, 2.05) is 0 Å². The molecule has 18 heavy (non-hydrogen) atoms. The van der Waals surface area contributed by atoms with E-state index in [1.165, 1.54) is 18.4 Å². The summed E-state index contributed by atoms with van der Waals surface area (Å²) >= 11 is 0. The highest BCUT2D eigenvalue weighted by molar-refractivity contribution is 5.28. The van der Waals surface area contributed by atoms with Crippen molar-refractivity contribution >= 4 is 0 Å². The van der Waals surface area contributed by atoms with Crippen LogP contribution in [0.1, 0.15) is 24.3 Å². The third-order valence-electron chi connectivity index (χ3n) is 4.57. The molecule has 1 saturated carbocycles. The van der Waals surface area contributed by atoms with Gasteiger partial charge < -0.3 is 15.4 Å². The minimum atomic E-state index is 0.175. The number of hydrogen-bond donors (Lipinski definition) is 2. The largest absolute Gasteiger partial charge is 0.371 e. The average Bonchev–Trinajstić information content (AvgIpc) is 2.97. The maximum absolute atomic E-state index is 5.93. The molecule has 2 heterocycles. The summed E-state index contributed by atoms with van der Waals surface area (Å²) in [4.78, 5) is 0. The molecule has 2 N–H and O–H groups in total. The van der Waals surface area contributed by atoms with Crippen LogP contribution in [0.4, 0.5) is 0 Å². The lowest BCUT2D eigenvalue weighted by Gasteiger charge is -2.38. The summed E-state index contributed by atoms with van der Waals surface area (Å²) in [6.07, 6.45) is 2.46. The van der Waals surface area contributed by atoms with E-state index in [9.17, 15) is 0 Å². The first-order valence-electron chi connectivity index (χ1n) is 7.00. The average molecular weight is 244 g/mol. The van der Waals surface area contributed by atoms with Crippen molar-refractivity contribution in [2.75, 3.05) is 19.7 Å². The van der Waals surface area contributed by atoms with Crippen molar-refractivity contribution in [2.24, 2.45) is 0 Å². The molecule has 0 amide bonds. The van der Waals surface area contributed by atoms with Gasteiger partial charge in [0, 0.05) is 31.1 Å². The first kappa shape index (κ1) is 11.0. The van der Waals surface area contributed by atoms with Gasteiger partial charge in [0.2, 0.25) is 0 Å². The molecule has 0 radical (unpaired) electrons. The fraction of sp³-hybridized carbons (Fsp3) is 0.600. The molecule has 2 saturated heterocycles. The lowest BCUT2D eigenvalue weighted by atomic mass is 9.92. The van der Waals surface area contributed by atoms with Crippen molar-refractivity contribution in [1.29, 1.82) is 0 Å². The Hall–Kier alpha value is -0.900. The highest BCUT2D eigenvalue weighted by atomic mass is 16.5. The van der Waals surface area contributed by atoms with Crippen LogP contribution in [0.2, 0.25) is 0 Å². The number of nitrogens with one attached hydrogen (secondary N) is 2. The zero-order valence-corrected chi connectivity index (χ0v) is 10.6. The second-order valence-corrected chi connectivity index (χ2v) is 6.02. The van der Waals surface area contributed by atoms with E-state index >= 15 is 0 Å². The van der Waals surface area contributed by atoms with Crippen molar-refractivity contribution in [1.82, 2.24) is 10.6 Å². The van der Waals surface area contributed by atoms with E-state index in [0.29, 0.717) is 12.1 Å². The summed E-state index contributed by atoms with van der Waals surface area (Å²) in [6.45, 7) is 2.97. The lowest BCUT2D eigenvalue weighted by Crippen LogP contribution is -2.59. The van der Waals surface area contributed by atoms with Gasteiger partial charge in [0.15, 0.2) is 0 Å². The molecule has 4 rings (SSSR count). The lowest BCUT2D eigenvalue weighted by molar-refractivity contribution is -0.0360. The summed E-state index contributed by atoms with van der Waals surface area (Å²) in [5.74, 6) is 0.724. The predicted octanol–water partition coefficient (Wildman–Crippen LogP) is 1.26. The molecule has 0 aromatic heterocycles. The number of benzene rings is 1. The second-order valence-electron chi connectivity index (χ2n) is 6.02. The maximum atomic E-state index is 5.93. The van der Waals surface area contributed by atoms with Gasteiger partial charge in [0.25, 0.3) is 0 Å². The molecule has 1 spiro atoms. The molecule has 1 aromatic rings. The fourth-order valence-corrected chi connectivity index (χ4v) is 3.35. The Labute approximate surface area is 108 Å². The van der Waals surface area contributed by atoms with E-state index < -0.39 is 0 Å². The monoisotopic (exact) mass is 244 g/mol. The summed E-state index contributed by atoms with van der Waals surface area (Å²) in [5, 5.41) is 7.09. The molecule has 2 aliphatic heterocycles. The molecule has 1 aliphatic carbocycles. The predicted molar refractivity (Wildman–Crippen MR) is 70.7 cm³/mol. The van der Waals surface area contributed by atoms with Gasteiger partial charge in [-0.15, -0.1) is 0 Å². The first-order valence-corrected chi connectivity index (χ1v) is 7.00. The molecular formula is C15H20N2O. The molecule has 3 fully saturated rings. The van der Waals surface area contributed by atoms with Crippen LogP contribution in [0.5, 0.6) is 0 Å². The van der Waals surface area contributed by atoms with Crippen molar-refractivity contribution in [3.05, 3.63) is 35.9 Å². The quantitative estimate of drug-likeness (QED) is 0.840. The van der Waals surface area contributed by atoms with Gasteiger partial charge >= 0.3 is 0 Å². The van der Waals surface area contributed by atoms with Crippen LogP contribution in [-0.4, -0.2) is 37.4 Å². The molecule has 2 unspecified atom stereocenters. The van der Waals surface area contributed by atoms with Crippen LogP contribution in [0.25, 0.3) is 0 Å². The fourth-order valence-electron chi connectivity index (χ4n) is 3.35. The van der Waals surface area contributed by atoms with Crippen LogP contribution in [-0.2, 0) is 4.74 Å². The van der Waals surface area contributed by atoms with Crippen LogP contribution in [0, 0.1) is 0 Å². The molecule has 0 bridgehead atoms. The van der Waals surface area contributed by atoms with E-state index in [-0.39, 0.29) is 5.60 Å². The number of rotatable bonds is 3. The molecule has 3 aliphatic rings. The van der Waals surface area contributed by atoms with Crippen LogP contribution in [0.15, 0.2) is 30.3 Å². The Bertz CT molecular complexity index is 429. The van der Waals surface area contributed by atoms with E-state index in [1.54, 1.807) is 0 Å².